The maximum Gasteiger partial charge on any atom is 0.334 e. The van der Waals surface area contributed by atoms with Crippen LogP contribution in [0, 0.1) is 0 Å². The first-order chi connectivity index (χ1) is 8.04. The fourth-order valence-electron chi connectivity index (χ4n) is 1.43. The number of benzene rings is 1. The molecule has 0 aliphatic rings. The number of carbonyl (C=O) groups excluding carboxylic acids is 2. The van der Waals surface area contributed by atoms with Crippen molar-refractivity contribution in [3.05, 3.63) is 35.9 Å². The van der Waals surface area contributed by atoms with Crippen LogP contribution in [0.5, 0.6) is 0 Å². The lowest BCUT2D eigenvalue weighted by Gasteiger charge is -2.21. The number of alkyl halides is 1. The first kappa shape index (κ1) is 13.7. The van der Waals surface area contributed by atoms with E-state index in [9.17, 15) is 9.59 Å². The second-order valence-electron chi connectivity index (χ2n) is 3.45. The van der Waals surface area contributed by atoms with Gasteiger partial charge in [0.2, 0.25) is 4.32 Å². The summed E-state index contributed by atoms with van der Waals surface area (Å²) in [5.41, 5.74) is 0.833. The van der Waals surface area contributed by atoms with Gasteiger partial charge in [0.1, 0.15) is 0 Å². The number of carbonyl (C=O) groups is 2. The predicted octanol–water partition coefficient (Wildman–Crippen LogP) is 1.71. The van der Waals surface area contributed by atoms with Crippen molar-refractivity contribution in [2.45, 2.75) is 10.7 Å². The summed E-state index contributed by atoms with van der Waals surface area (Å²) in [6.45, 7) is 0. The van der Waals surface area contributed by atoms with Gasteiger partial charge in [-0.25, -0.2) is 9.59 Å². The van der Waals surface area contributed by atoms with Crippen molar-refractivity contribution < 1.29 is 19.1 Å². The molecule has 0 fully saturated rings. The standard InChI is InChI=1S/C12H13BrO4/c1-16-10(14)12(13,11(15)17-2)8-9-6-4-3-5-7-9/h3-7H,8H2,1-2H3. The minimum Gasteiger partial charge on any atom is -0.468 e. The highest BCUT2D eigenvalue weighted by molar-refractivity contribution is 9.10. The van der Waals surface area contributed by atoms with E-state index in [1.54, 1.807) is 0 Å². The van der Waals surface area contributed by atoms with E-state index in [-0.39, 0.29) is 6.42 Å². The van der Waals surface area contributed by atoms with Gasteiger partial charge in [-0.15, -0.1) is 0 Å². The van der Waals surface area contributed by atoms with Gasteiger partial charge in [0.25, 0.3) is 0 Å². The van der Waals surface area contributed by atoms with Crippen LogP contribution in [-0.4, -0.2) is 30.5 Å². The molecule has 1 aromatic rings. The molecule has 0 unspecified atom stereocenters. The molecule has 0 bridgehead atoms. The van der Waals surface area contributed by atoms with Gasteiger partial charge in [0.15, 0.2) is 0 Å². The van der Waals surface area contributed by atoms with Crippen LogP contribution in [0.4, 0.5) is 0 Å². The number of halogens is 1. The molecule has 0 aromatic heterocycles. The van der Waals surface area contributed by atoms with Crippen molar-refractivity contribution in [3.8, 4) is 0 Å². The lowest BCUT2D eigenvalue weighted by molar-refractivity contribution is -0.155. The molecular weight excluding hydrogens is 288 g/mol. The summed E-state index contributed by atoms with van der Waals surface area (Å²) in [5, 5.41) is 0. The van der Waals surface area contributed by atoms with Gasteiger partial charge in [-0.2, -0.15) is 0 Å². The number of rotatable bonds is 4. The molecule has 0 spiro atoms. The fraction of sp³-hybridized carbons (Fsp3) is 0.333. The molecule has 5 heteroatoms. The third-order valence-corrected chi connectivity index (χ3v) is 3.24. The maximum absolute atomic E-state index is 11.7. The number of methoxy groups -OCH3 is 2. The number of hydrogen-bond acceptors (Lipinski definition) is 4. The second kappa shape index (κ2) is 5.82. The zero-order valence-electron chi connectivity index (χ0n) is 9.60. The Morgan fingerprint density at radius 2 is 1.59 bits per heavy atom. The molecule has 0 saturated carbocycles. The Hall–Kier alpha value is -1.36. The zero-order chi connectivity index (χ0) is 12.9. The Kier molecular flexibility index (Phi) is 4.69. The lowest BCUT2D eigenvalue weighted by Crippen LogP contribution is -2.44. The third kappa shape index (κ3) is 3.06. The van der Waals surface area contributed by atoms with E-state index in [2.05, 4.69) is 25.4 Å². The normalized spacial score (nSPS) is 10.8. The Bertz CT molecular complexity index is 386. The monoisotopic (exact) mass is 300 g/mol. The SMILES string of the molecule is COC(=O)C(Br)(Cc1ccccc1)C(=O)OC. The highest BCUT2D eigenvalue weighted by atomic mass is 79.9. The summed E-state index contributed by atoms with van der Waals surface area (Å²) in [4.78, 5) is 23.3. The van der Waals surface area contributed by atoms with Gasteiger partial charge in [0.05, 0.1) is 14.2 Å². The maximum atomic E-state index is 11.7. The van der Waals surface area contributed by atoms with Crippen LogP contribution in [0.3, 0.4) is 0 Å². The van der Waals surface area contributed by atoms with Crippen molar-refractivity contribution in [1.82, 2.24) is 0 Å². The van der Waals surface area contributed by atoms with Gasteiger partial charge < -0.3 is 9.47 Å². The Morgan fingerprint density at radius 1 is 1.12 bits per heavy atom. The topological polar surface area (TPSA) is 52.6 Å². The summed E-state index contributed by atoms with van der Waals surface area (Å²) < 4.78 is 7.76. The van der Waals surface area contributed by atoms with Crippen LogP contribution < -0.4 is 0 Å². The molecular formula is C12H13BrO4. The minimum atomic E-state index is -1.49. The van der Waals surface area contributed by atoms with E-state index in [0.717, 1.165) is 5.56 Å². The molecule has 0 N–H and O–H groups in total. The molecule has 0 amide bonds. The lowest BCUT2D eigenvalue weighted by atomic mass is 9.99. The number of esters is 2. The summed E-state index contributed by atoms with van der Waals surface area (Å²) in [6.07, 6.45) is 0.174. The van der Waals surface area contributed by atoms with E-state index in [1.165, 1.54) is 14.2 Å². The zero-order valence-corrected chi connectivity index (χ0v) is 11.2. The molecule has 0 atom stereocenters. The molecule has 0 aliphatic carbocycles. The van der Waals surface area contributed by atoms with Gasteiger partial charge in [0, 0.05) is 6.42 Å². The highest BCUT2D eigenvalue weighted by Gasteiger charge is 2.46. The third-order valence-electron chi connectivity index (χ3n) is 2.31. The van der Waals surface area contributed by atoms with Crippen molar-refractivity contribution in [2.24, 2.45) is 0 Å². The average molecular weight is 301 g/mol. The van der Waals surface area contributed by atoms with Crippen LogP contribution in [0.25, 0.3) is 0 Å². The van der Waals surface area contributed by atoms with Crippen LogP contribution in [0.15, 0.2) is 30.3 Å². The Balaban J connectivity index is 3.00. The van der Waals surface area contributed by atoms with Gasteiger partial charge in [-0.05, 0) is 5.56 Å². The van der Waals surface area contributed by atoms with Gasteiger partial charge in [-0.1, -0.05) is 46.3 Å². The molecule has 0 heterocycles. The van der Waals surface area contributed by atoms with Gasteiger partial charge >= 0.3 is 11.9 Å². The second-order valence-corrected chi connectivity index (χ2v) is 4.80. The summed E-state index contributed by atoms with van der Waals surface area (Å²) >= 11 is 3.12. The van der Waals surface area contributed by atoms with E-state index in [4.69, 9.17) is 0 Å². The quantitative estimate of drug-likeness (QED) is 0.482. The van der Waals surface area contributed by atoms with E-state index < -0.39 is 16.3 Å². The predicted molar refractivity (Wildman–Crippen MR) is 65.8 cm³/mol. The smallest absolute Gasteiger partial charge is 0.334 e. The van der Waals surface area contributed by atoms with Crippen LogP contribution in [-0.2, 0) is 25.5 Å². The molecule has 0 radical (unpaired) electrons. The first-order valence-corrected chi connectivity index (χ1v) is 5.73. The van der Waals surface area contributed by atoms with E-state index in [0.29, 0.717) is 0 Å². The largest absolute Gasteiger partial charge is 0.468 e. The minimum absolute atomic E-state index is 0.174. The Morgan fingerprint density at radius 3 is 2.00 bits per heavy atom. The molecule has 0 saturated heterocycles. The first-order valence-electron chi connectivity index (χ1n) is 4.94. The Labute approximate surface area is 108 Å². The van der Waals surface area contributed by atoms with Crippen molar-refractivity contribution in [1.29, 1.82) is 0 Å². The van der Waals surface area contributed by atoms with Crippen LogP contribution in [0.1, 0.15) is 5.56 Å². The summed E-state index contributed by atoms with van der Waals surface area (Å²) in [6, 6.07) is 9.16. The molecule has 17 heavy (non-hydrogen) atoms. The molecule has 4 nitrogen and oxygen atoms in total. The van der Waals surface area contributed by atoms with E-state index in [1.807, 2.05) is 30.3 Å². The molecule has 0 aliphatic heterocycles. The van der Waals surface area contributed by atoms with Crippen molar-refractivity contribution >= 4 is 27.9 Å². The highest BCUT2D eigenvalue weighted by Crippen LogP contribution is 2.27. The fourth-order valence-corrected chi connectivity index (χ4v) is 2.08. The summed E-state index contributed by atoms with van der Waals surface area (Å²) in [5.74, 6) is -1.35. The van der Waals surface area contributed by atoms with E-state index >= 15 is 0 Å². The van der Waals surface area contributed by atoms with Crippen LogP contribution >= 0.6 is 15.9 Å². The average Bonchev–Trinajstić information content (AvgIpc) is 2.37. The van der Waals surface area contributed by atoms with Crippen molar-refractivity contribution in [2.75, 3.05) is 14.2 Å². The summed E-state index contributed by atoms with van der Waals surface area (Å²) in [7, 11) is 2.46. The van der Waals surface area contributed by atoms with Crippen LogP contribution in [0.2, 0.25) is 0 Å². The van der Waals surface area contributed by atoms with Gasteiger partial charge in [-0.3, -0.25) is 0 Å². The number of hydrogen-bond donors (Lipinski definition) is 0. The number of ether oxygens (including phenoxy) is 2. The molecule has 1 rings (SSSR count). The van der Waals surface area contributed by atoms with Crippen molar-refractivity contribution in [3.63, 3.8) is 0 Å². The molecule has 1 aromatic carbocycles. The molecule has 92 valence electrons.